The Balaban J connectivity index is 0. The maximum atomic E-state index is 0. The smallest absolute Gasteiger partial charge is 0 e. The minimum Gasteiger partial charge on any atom is 0 e. The molecule has 0 rings (SSSR count). The maximum Gasteiger partial charge on any atom is 0 e. The van der Waals surface area contributed by atoms with Crippen LogP contribution in [0.2, 0.25) is 0 Å². The minimum absolute atomic E-state index is 0. The van der Waals surface area contributed by atoms with Crippen LogP contribution in [0.25, 0.3) is 0 Å². The SMILES string of the molecule is F.F.F.F.F.[BaH2].[Gd]. The van der Waals surface area contributed by atoms with Crippen LogP contribution in [0.3, 0.4) is 0 Å². The Hall–Kier alpha value is 2.55. The quantitative estimate of drug-likeness (QED) is 0.395. The fourth-order valence-corrected chi connectivity index (χ4v) is 0. The van der Waals surface area contributed by atoms with Gasteiger partial charge >= 0.3 is 48.9 Å². The molecule has 0 amide bonds. The zero-order chi connectivity index (χ0) is 0. The van der Waals surface area contributed by atoms with E-state index in [1.807, 2.05) is 0 Å². The molecule has 0 aromatic heterocycles. The Labute approximate surface area is 110 Å². The van der Waals surface area contributed by atoms with Gasteiger partial charge in [0, 0.05) is 39.9 Å². The summed E-state index contributed by atoms with van der Waals surface area (Å²) < 4.78 is 0. The summed E-state index contributed by atoms with van der Waals surface area (Å²) in [5, 5.41) is 0. The molecule has 0 heterocycles. The third-order valence-corrected chi connectivity index (χ3v) is 0. The van der Waals surface area contributed by atoms with Gasteiger partial charge in [-0.1, -0.05) is 0 Å². The Morgan fingerprint density at radius 2 is 0.429 bits per heavy atom. The molecule has 0 spiro atoms. The molecule has 0 aromatic rings. The topological polar surface area (TPSA) is 0 Å². The first-order chi connectivity index (χ1) is 0. The van der Waals surface area contributed by atoms with E-state index in [-0.39, 0.29) is 112 Å². The van der Waals surface area contributed by atoms with Gasteiger partial charge in [-0.3, -0.25) is 23.5 Å². The van der Waals surface area contributed by atoms with Crippen LogP contribution in [-0.2, 0) is 0 Å². The van der Waals surface area contributed by atoms with Gasteiger partial charge in [-0.25, -0.2) is 0 Å². The molecule has 0 unspecified atom stereocenters. The Kier molecular flexibility index (Phi) is 1150. The van der Waals surface area contributed by atoms with Crippen molar-refractivity contribution in [3.05, 3.63) is 0 Å². The van der Waals surface area contributed by atoms with E-state index in [0.29, 0.717) is 0 Å². The van der Waals surface area contributed by atoms with E-state index in [1.165, 1.54) is 0 Å². The van der Waals surface area contributed by atoms with E-state index < -0.39 is 0 Å². The third-order valence-electron chi connectivity index (χ3n) is 0. The van der Waals surface area contributed by atoms with E-state index in [2.05, 4.69) is 0 Å². The van der Waals surface area contributed by atoms with Crippen molar-refractivity contribution in [2.75, 3.05) is 0 Å². The molecule has 0 N–H and O–H groups in total. The van der Waals surface area contributed by atoms with Gasteiger partial charge in [-0.05, 0) is 0 Å². The largest absolute Gasteiger partial charge is 0 e. The van der Waals surface area contributed by atoms with Crippen LogP contribution in [0.5, 0.6) is 0 Å². The van der Waals surface area contributed by atoms with Crippen LogP contribution >= 0.6 is 0 Å². The molecule has 0 saturated heterocycles. The van der Waals surface area contributed by atoms with Crippen molar-refractivity contribution in [1.29, 1.82) is 0 Å². The number of halogens is 5. The molecule has 7 heavy (non-hydrogen) atoms. The molecule has 0 radical (unpaired) electrons. The second-order valence-electron chi connectivity index (χ2n) is 0. The van der Waals surface area contributed by atoms with Gasteiger partial charge in [0.2, 0.25) is 0 Å². The first kappa shape index (κ1) is 108. The predicted molar refractivity (Wildman–Crippen MR) is 21.1 cm³/mol. The predicted octanol–water partition coefficient (Wildman–Crippen LogP) is -0.154. The summed E-state index contributed by atoms with van der Waals surface area (Å²) in [6.45, 7) is 0. The zero-order valence-corrected chi connectivity index (χ0v) is 4.66. The maximum absolute atomic E-state index is 0. The van der Waals surface area contributed by atoms with Crippen molar-refractivity contribution in [2.45, 2.75) is 0 Å². The summed E-state index contributed by atoms with van der Waals surface area (Å²) in [4.78, 5) is 0. The normalized spacial score (nSPS) is 0. The fraction of sp³-hybridized carbons (Fsp3) is 0. The first-order valence-corrected chi connectivity index (χ1v) is 0. The standard InChI is InChI=1S/Ba.5FH.Gd.2H/h;5*1H;;;. The van der Waals surface area contributed by atoms with Gasteiger partial charge in [0.15, 0.2) is 0 Å². The molecule has 0 saturated carbocycles. The van der Waals surface area contributed by atoms with Gasteiger partial charge < -0.3 is 0 Å². The monoisotopic (exact) mass is 398 g/mol. The molecule has 0 aliphatic heterocycles. The number of hydrogen-bond acceptors (Lipinski definition) is 0. The van der Waals surface area contributed by atoms with Crippen molar-refractivity contribution >= 4 is 48.9 Å². The average Bonchev–Trinajstić information content (AvgIpc) is 0. The first-order valence-electron chi connectivity index (χ1n) is 0. The molecule has 0 aromatic carbocycles. The van der Waals surface area contributed by atoms with Gasteiger partial charge in [-0.2, -0.15) is 0 Å². The molecule has 7 heteroatoms. The molecule has 0 fully saturated rings. The van der Waals surface area contributed by atoms with Gasteiger partial charge in [0.1, 0.15) is 0 Å². The summed E-state index contributed by atoms with van der Waals surface area (Å²) in [5.74, 6) is 0. The number of hydrogen-bond donors (Lipinski definition) is 0. The van der Waals surface area contributed by atoms with Crippen molar-refractivity contribution < 1.29 is 63.5 Å². The van der Waals surface area contributed by atoms with Gasteiger partial charge in [-0.15, -0.1) is 0 Å². The van der Waals surface area contributed by atoms with E-state index in [1.54, 1.807) is 0 Å². The third kappa shape index (κ3) is 56.5. The van der Waals surface area contributed by atoms with Crippen molar-refractivity contribution in [3.63, 3.8) is 0 Å². The van der Waals surface area contributed by atoms with Gasteiger partial charge in [0.25, 0.3) is 0 Å². The molecular weight excluding hydrogens is 390 g/mol. The van der Waals surface area contributed by atoms with Crippen LogP contribution in [-0.4, -0.2) is 48.9 Å². The molecule has 52 valence electrons. The van der Waals surface area contributed by atoms with Crippen LogP contribution in [0.4, 0.5) is 23.5 Å². The Bertz CT molecular complexity index is 8.04. The molecule has 0 aliphatic rings. The van der Waals surface area contributed by atoms with Crippen LogP contribution in [0.1, 0.15) is 0 Å². The van der Waals surface area contributed by atoms with E-state index >= 15 is 0 Å². The Morgan fingerprint density at radius 1 is 0.429 bits per heavy atom. The second-order valence-corrected chi connectivity index (χ2v) is 0. The summed E-state index contributed by atoms with van der Waals surface area (Å²) in [7, 11) is 0. The number of rotatable bonds is 0. The average molecular weight is 397 g/mol. The summed E-state index contributed by atoms with van der Waals surface area (Å²) >= 11 is 0. The molecule has 0 atom stereocenters. The molecular formula is H7BaF5Gd. The summed E-state index contributed by atoms with van der Waals surface area (Å²) in [5.41, 5.74) is 0. The zero-order valence-electron chi connectivity index (χ0n) is 2.39. The van der Waals surface area contributed by atoms with E-state index in [0.717, 1.165) is 0 Å². The van der Waals surface area contributed by atoms with Crippen molar-refractivity contribution in [2.24, 2.45) is 0 Å². The fourth-order valence-electron chi connectivity index (χ4n) is 0. The molecule has 0 nitrogen and oxygen atoms in total. The van der Waals surface area contributed by atoms with Crippen LogP contribution in [0.15, 0.2) is 0 Å². The van der Waals surface area contributed by atoms with E-state index in [4.69, 9.17) is 0 Å². The minimum atomic E-state index is 0. The second kappa shape index (κ2) is 75.1. The van der Waals surface area contributed by atoms with Crippen LogP contribution in [0, 0.1) is 39.9 Å². The summed E-state index contributed by atoms with van der Waals surface area (Å²) in [6, 6.07) is 0. The molecule has 0 aliphatic carbocycles. The Morgan fingerprint density at radius 3 is 0.429 bits per heavy atom. The van der Waals surface area contributed by atoms with Gasteiger partial charge in [0.05, 0.1) is 0 Å². The van der Waals surface area contributed by atoms with Crippen molar-refractivity contribution in [1.82, 2.24) is 0 Å². The van der Waals surface area contributed by atoms with E-state index in [9.17, 15) is 0 Å². The summed E-state index contributed by atoms with van der Waals surface area (Å²) in [6.07, 6.45) is 0. The molecule has 0 bridgehead atoms. The van der Waals surface area contributed by atoms with Crippen molar-refractivity contribution in [3.8, 4) is 0 Å². The van der Waals surface area contributed by atoms with Crippen LogP contribution < -0.4 is 0 Å².